The molecule has 1 unspecified atom stereocenters. The zero-order chi connectivity index (χ0) is 18.8. The number of hydrogen-bond acceptors (Lipinski definition) is 5. The average Bonchev–Trinajstić information content (AvgIpc) is 2.98. The summed E-state index contributed by atoms with van der Waals surface area (Å²) in [4.78, 5) is 25.3. The van der Waals surface area contributed by atoms with Crippen LogP contribution in [0.1, 0.15) is 22.6 Å². The standard InChI is InChI=1S/C16H16ClFN4O4/c1-9-15(16(25)21-4-5-26-8-11(21)7-14(23)24)19-20-22(9)10-2-3-13(18)12(17)6-10/h2-3,6,11H,4-5,7-8H2,1H3,(H,23,24). The van der Waals surface area contributed by atoms with E-state index in [1.807, 2.05) is 0 Å². The molecule has 1 saturated heterocycles. The smallest absolute Gasteiger partial charge is 0.305 e. The van der Waals surface area contributed by atoms with Gasteiger partial charge in [-0.1, -0.05) is 16.8 Å². The van der Waals surface area contributed by atoms with Crippen LogP contribution in [0.15, 0.2) is 18.2 Å². The van der Waals surface area contributed by atoms with Crippen molar-refractivity contribution < 1.29 is 23.8 Å². The molecule has 1 fully saturated rings. The summed E-state index contributed by atoms with van der Waals surface area (Å²) in [5.41, 5.74) is 1.01. The van der Waals surface area contributed by atoms with E-state index in [0.29, 0.717) is 18.0 Å². The Bertz CT molecular complexity index is 857. The second kappa shape index (κ2) is 7.38. The van der Waals surface area contributed by atoms with Gasteiger partial charge >= 0.3 is 5.97 Å². The summed E-state index contributed by atoms with van der Waals surface area (Å²) >= 11 is 5.79. The number of morpholine rings is 1. The maximum Gasteiger partial charge on any atom is 0.305 e. The van der Waals surface area contributed by atoms with Gasteiger partial charge in [-0.15, -0.1) is 5.10 Å². The molecule has 1 aliphatic rings. The second-order valence-electron chi connectivity index (χ2n) is 5.86. The van der Waals surface area contributed by atoms with Crippen molar-refractivity contribution in [3.63, 3.8) is 0 Å². The molecule has 0 spiro atoms. The number of ether oxygens (including phenoxy) is 1. The fourth-order valence-electron chi connectivity index (χ4n) is 2.82. The predicted octanol–water partition coefficient (Wildman–Crippen LogP) is 1.68. The van der Waals surface area contributed by atoms with Crippen LogP contribution in [0.2, 0.25) is 5.02 Å². The summed E-state index contributed by atoms with van der Waals surface area (Å²) in [6.45, 7) is 2.39. The van der Waals surface area contributed by atoms with Crippen LogP contribution in [0.4, 0.5) is 4.39 Å². The van der Waals surface area contributed by atoms with Crippen molar-refractivity contribution >= 4 is 23.5 Å². The first-order valence-electron chi connectivity index (χ1n) is 7.86. The zero-order valence-electron chi connectivity index (χ0n) is 13.9. The Kier molecular flexibility index (Phi) is 5.19. The van der Waals surface area contributed by atoms with Gasteiger partial charge in [-0.25, -0.2) is 9.07 Å². The van der Waals surface area contributed by atoms with E-state index in [-0.39, 0.29) is 30.3 Å². The molecule has 1 aliphatic heterocycles. The van der Waals surface area contributed by atoms with Crippen LogP contribution in [0, 0.1) is 12.7 Å². The summed E-state index contributed by atoms with van der Waals surface area (Å²) < 4.78 is 20.0. The predicted molar refractivity (Wildman–Crippen MR) is 89.0 cm³/mol. The Hall–Kier alpha value is -2.52. The number of carboxylic acid groups (broad SMARTS) is 1. The molecule has 26 heavy (non-hydrogen) atoms. The van der Waals surface area contributed by atoms with Gasteiger partial charge in [-0.2, -0.15) is 0 Å². The number of aliphatic carboxylic acids is 1. The van der Waals surface area contributed by atoms with Crippen molar-refractivity contribution in [2.45, 2.75) is 19.4 Å². The summed E-state index contributed by atoms with van der Waals surface area (Å²) in [5.74, 6) is -1.99. The molecule has 0 radical (unpaired) electrons. The number of aromatic nitrogens is 3. The third-order valence-electron chi connectivity index (χ3n) is 4.14. The number of hydrogen-bond donors (Lipinski definition) is 1. The minimum atomic E-state index is -1.01. The molecule has 8 nitrogen and oxygen atoms in total. The van der Waals surface area contributed by atoms with Gasteiger partial charge in [-0.3, -0.25) is 9.59 Å². The number of amides is 1. The second-order valence-corrected chi connectivity index (χ2v) is 6.27. The van der Waals surface area contributed by atoms with Gasteiger partial charge in [0.25, 0.3) is 5.91 Å². The first-order chi connectivity index (χ1) is 12.4. The van der Waals surface area contributed by atoms with Crippen LogP contribution in [-0.4, -0.2) is 62.7 Å². The number of carbonyl (C=O) groups is 2. The number of nitrogens with zero attached hydrogens (tertiary/aromatic N) is 4. The molecular weight excluding hydrogens is 367 g/mol. The molecule has 1 N–H and O–H groups in total. The quantitative estimate of drug-likeness (QED) is 0.864. The first kappa shape index (κ1) is 18.3. The molecule has 2 aromatic rings. The fourth-order valence-corrected chi connectivity index (χ4v) is 2.99. The van der Waals surface area contributed by atoms with Crippen molar-refractivity contribution in [2.75, 3.05) is 19.8 Å². The third kappa shape index (κ3) is 3.54. The summed E-state index contributed by atoms with van der Waals surface area (Å²) in [6, 6.07) is 3.48. The zero-order valence-corrected chi connectivity index (χ0v) is 14.6. The molecular formula is C16H16ClFN4O4. The first-order valence-corrected chi connectivity index (χ1v) is 8.24. The monoisotopic (exact) mass is 382 g/mol. The van der Waals surface area contributed by atoms with Gasteiger partial charge in [0.1, 0.15) is 5.82 Å². The molecule has 138 valence electrons. The molecule has 0 saturated carbocycles. The van der Waals surface area contributed by atoms with Crippen LogP contribution in [-0.2, 0) is 9.53 Å². The normalized spacial score (nSPS) is 17.3. The highest BCUT2D eigenvalue weighted by molar-refractivity contribution is 6.30. The highest BCUT2D eigenvalue weighted by Crippen LogP contribution is 2.21. The third-order valence-corrected chi connectivity index (χ3v) is 4.43. The molecule has 1 atom stereocenters. The Morgan fingerprint density at radius 1 is 1.46 bits per heavy atom. The van der Waals surface area contributed by atoms with E-state index in [1.54, 1.807) is 6.92 Å². The lowest BCUT2D eigenvalue weighted by molar-refractivity contribution is -0.139. The number of benzene rings is 1. The topological polar surface area (TPSA) is 97.6 Å². The SMILES string of the molecule is Cc1c(C(=O)N2CCOCC2CC(=O)O)nnn1-c1ccc(F)c(Cl)c1. The van der Waals surface area contributed by atoms with Gasteiger partial charge < -0.3 is 14.7 Å². The van der Waals surface area contributed by atoms with E-state index in [0.717, 1.165) is 0 Å². The summed E-state index contributed by atoms with van der Waals surface area (Å²) in [7, 11) is 0. The van der Waals surface area contributed by atoms with E-state index in [2.05, 4.69) is 10.3 Å². The molecule has 1 aromatic carbocycles. The lowest BCUT2D eigenvalue weighted by atomic mass is 10.1. The number of rotatable bonds is 4. The van der Waals surface area contributed by atoms with Crippen molar-refractivity contribution in [3.8, 4) is 5.69 Å². The lowest BCUT2D eigenvalue weighted by Gasteiger charge is -2.34. The minimum Gasteiger partial charge on any atom is -0.481 e. The Balaban J connectivity index is 1.89. The highest BCUT2D eigenvalue weighted by Gasteiger charge is 2.32. The molecule has 10 heteroatoms. The summed E-state index contributed by atoms with van der Waals surface area (Å²) in [6.07, 6.45) is -0.216. The number of halogens is 2. The van der Waals surface area contributed by atoms with Crippen molar-refractivity contribution in [3.05, 3.63) is 40.4 Å². The number of carboxylic acids is 1. The van der Waals surface area contributed by atoms with Gasteiger partial charge in [0.2, 0.25) is 0 Å². The molecule has 1 amide bonds. The van der Waals surface area contributed by atoms with Gasteiger partial charge in [0, 0.05) is 6.54 Å². The van der Waals surface area contributed by atoms with Crippen LogP contribution in [0.5, 0.6) is 0 Å². The van der Waals surface area contributed by atoms with Gasteiger partial charge in [0.05, 0.1) is 42.1 Å². The largest absolute Gasteiger partial charge is 0.481 e. The van der Waals surface area contributed by atoms with Crippen LogP contribution < -0.4 is 0 Å². The molecule has 1 aromatic heterocycles. The lowest BCUT2D eigenvalue weighted by Crippen LogP contribution is -2.49. The highest BCUT2D eigenvalue weighted by atomic mass is 35.5. The Labute approximate surface area is 153 Å². The van der Waals surface area contributed by atoms with Gasteiger partial charge in [0.15, 0.2) is 5.69 Å². The fraction of sp³-hybridized carbons (Fsp3) is 0.375. The van der Waals surface area contributed by atoms with Crippen molar-refractivity contribution in [1.29, 1.82) is 0 Å². The summed E-state index contributed by atoms with van der Waals surface area (Å²) in [5, 5.41) is 16.8. The molecule has 0 bridgehead atoms. The maximum atomic E-state index is 13.3. The van der Waals surface area contributed by atoms with E-state index >= 15 is 0 Å². The number of carbonyl (C=O) groups excluding carboxylic acids is 1. The average molecular weight is 383 g/mol. The van der Waals surface area contributed by atoms with Crippen molar-refractivity contribution in [2.24, 2.45) is 0 Å². The maximum absolute atomic E-state index is 13.3. The van der Waals surface area contributed by atoms with E-state index < -0.39 is 23.7 Å². The van der Waals surface area contributed by atoms with Crippen LogP contribution >= 0.6 is 11.6 Å². The molecule has 3 rings (SSSR count). The van der Waals surface area contributed by atoms with Crippen molar-refractivity contribution in [1.82, 2.24) is 19.9 Å². The van der Waals surface area contributed by atoms with E-state index in [9.17, 15) is 14.0 Å². The molecule has 2 heterocycles. The van der Waals surface area contributed by atoms with E-state index in [4.69, 9.17) is 21.4 Å². The van der Waals surface area contributed by atoms with Crippen LogP contribution in [0.3, 0.4) is 0 Å². The minimum absolute atomic E-state index is 0.0695. The van der Waals surface area contributed by atoms with Crippen LogP contribution in [0.25, 0.3) is 5.69 Å². The van der Waals surface area contributed by atoms with E-state index in [1.165, 1.54) is 27.8 Å². The van der Waals surface area contributed by atoms with Gasteiger partial charge in [-0.05, 0) is 25.1 Å². The Morgan fingerprint density at radius 3 is 2.92 bits per heavy atom. The Morgan fingerprint density at radius 2 is 2.23 bits per heavy atom. The molecule has 0 aliphatic carbocycles.